The molecule has 0 radical (unpaired) electrons. The van der Waals surface area contributed by atoms with Crippen LogP contribution in [0.1, 0.15) is 29.9 Å². The molecule has 0 aliphatic carbocycles. The van der Waals surface area contributed by atoms with Crippen molar-refractivity contribution in [3.8, 4) is 5.88 Å². The van der Waals surface area contributed by atoms with Crippen LogP contribution in [0, 0.1) is 0 Å². The second-order valence-electron chi connectivity index (χ2n) is 5.85. The fourth-order valence-electron chi connectivity index (χ4n) is 2.22. The third-order valence-electron chi connectivity index (χ3n) is 3.35. The lowest BCUT2D eigenvalue weighted by atomic mass is 10.2. The average molecular weight is 372 g/mol. The Kier molecular flexibility index (Phi) is 5.48. The van der Waals surface area contributed by atoms with E-state index in [-0.39, 0.29) is 17.0 Å². The van der Waals surface area contributed by atoms with Gasteiger partial charge < -0.3 is 10.1 Å². The van der Waals surface area contributed by atoms with E-state index in [9.17, 15) is 4.79 Å². The van der Waals surface area contributed by atoms with Crippen molar-refractivity contribution < 1.29 is 9.53 Å². The van der Waals surface area contributed by atoms with Gasteiger partial charge in [0.15, 0.2) is 5.82 Å². The highest BCUT2D eigenvalue weighted by Crippen LogP contribution is 2.23. The van der Waals surface area contributed by atoms with E-state index in [2.05, 4.69) is 20.4 Å². The number of carbonyl (C=O) groups is 1. The molecule has 0 aromatic carbocycles. The molecule has 0 spiro atoms. The Bertz CT molecular complexity index is 896. The van der Waals surface area contributed by atoms with Crippen LogP contribution < -0.4 is 10.1 Å². The molecular weight excluding hydrogens is 354 g/mol. The normalized spacial score (nSPS) is 10.8. The Balaban J connectivity index is 1.66. The molecule has 0 atom stereocenters. The first-order valence-corrected chi connectivity index (χ1v) is 8.46. The minimum Gasteiger partial charge on any atom is -0.474 e. The number of amides is 1. The molecule has 7 nitrogen and oxygen atoms in total. The second kappa shape index (κ2) is 7.97. The number of rotatable bonds is 6. The summed E-state index contributed by atoms with van der Waals surface area (Å²) in [5.41, 5.74) is 1.20. The first-order valence-electron chi connectivity index (χ1n) is 8.08. The number of anilines is 1. The lowest BCUT2D eigenvalue weighted by molar-refractivity contribution is 0.102. The minimum absolute atomic E-state index is 0.0530. The van der Waals surface area contributed by atoms with Gasteiger partial charge in [-0.1, -0.05) is 17.7 Å². The molecule has 0 saturated heterocycles. The summed E-state index contributed by atoms with van der Waals surface area (Å²) in [6, 6.07) is 8.92. The van der Waals surface area contributed by atoms with Crippen LogP contribution in [-0.2, 0) is 6.54 Å². The standard InChI is InChI=1S/C18H18ClN5O2/c1-12(2)26-18-15(19)9-13(10-21-18)17(25)22-16-6-8-24(23-16)11-14-5-3-4-7-20-14/h3-10,12H,11H2,1-2H3,(H,22,23,25). The Morgan fingerprint density at radius 3 is 2.85 bits per heavy atom. The van der Waals surface area contributed by atoms with Crippen LogP contribution in [0.4, 0.5) is 5.82 Å². The number of carbonyl (C=O) groups excluding carboxylic acids is 1. The summed E-state index contributed by atoms with van der Waals surface area (Å²) in [6.07, 6.45) is 4.87. The van der Waals surface area contributed by atoms with Gasteiger partial charge in [-0.05, 0) is 32.0 Å². The quantitative estimate of drug-likeness (QED) is 0.718. The van der Waals surface area contributed by atoms with Gasteiger partial charge in [-0.15, -0.1) is 0 Å². The zero-order valence-electron chi connectivity index (χ0n) is 14.4. The maximum absolute atomic E-state index is 12.4. The Morgan fingerprint density at radius 2 is 2.15 bits per heavy atom. The van der Waals surface area contributed by atoms with Crippen molar-refractivity contribution in [1.29, 1.82) is 0 Å². The van der Waals surface area contributed by atoms with Crippen LogP contribution in [0.5, 0.6) is 5.88 Å². The number of nitrogens with one attached hydrogen (secondary N) is 1. The highest BCUT2D eigenvalue weighted by atomic mass is 35.5. The van der Waals surface area contributed by atoms with Gasteiger partial charge in [0.1, 0.15) is 5.02 Å². The topological polar surface area (TPSA) is 81.9 Å². The summed E-state index contributed by atoms with van der Waals surface area (Å²) in [5.74, 6) is 0.390. The third-order valence-corrected chi connectivity index (χ3v) is 3.62. The molecule has 3 rings (SSSR count). The van der Waals surface area contributed by atoms with Gasteiger partial charge in [-0.25, -0.2) is 4.98 Å². The molecule has 26 heavy (non-hydrogen) atoms. The van der Waals surface area contributed by atoms with Crippen LogP contribution in [0.2, 0.25) is 5.02 Å². The van der Waals surface area contributed by atoms with Crippen LogP contribution in [0.25, 0.3) is 0 Å². The number of hydrogen-bond acceptors (Lipinski definition) is 5. The molecule has 1 amide bonds. The van der Waals surface area contributed by atoms with Crippen molar-refractivity contribution in [2.75, 3.05) is 5.32 Å². The van der Waals surface area contributed by atoms with Crippen molar-refractivity contribution in [3.05, 3.63) is 65.2 Å². The fourth-order valence-corrected chi connectivity index (χ4v) is 2.43. The van der Waals surface area contributed by atoms with Gasteiger partial charge in [-0.2, -0.15) is 5.10 Å². The molecule has 0 bridgehead atoms. The first-order chi connectivity index (χ1) is 12.5. The van der Waals surface area contributed by atoms with E-state index in [0.717, 1.165) is 5.69 Å². The number of nitrogens with zero attached hydrogens (tertiary/aromatic N) is 4. The largest absolute Gasteiger partial charge is 0.474 e. The number of ether oxygens (including phenoxy) is 1. The summed E-state index contributed by atoms with van der Waals surface area (Å²) in [5, 5.41) is 7.32. The van der Waals surface area contributed by atoms with E-state index in [1.807, 2.05) is 32.0 Å². The smallest absolute Gasteiger partial charge is 0.258 e. The first kappa shape index (κ1) is 17.9. The van der Waals surface area contributed by atoms with Crippen molar-refractivity contribution in [3.63, 3.8) is 0 Å². The molecule has 0 saturated carbocycles. The van der Waals surface area contributed by atoms with Crippen molar-refractivity contribution in [2.45, 2.75) is 26.5 Å². The number of pyridine rings is 2. The SMILES string of the molecule is CC(C)Oc1ncc(C(=O)Nc2ccn(Cc3ccccn3)n2)cc1Cl. The number of hydrogen-bond donors (Lipinski definition) is 1. The molecule has 3 aromatic heterocycles. The molecule has 1 N–H and O–H groups in total. The second-order valence-corrected chi connectivity index (χ2v) is 6.26. The van der Waals surface area contributed by atoms with E-state index in [4.69, 9.17) is 16.3 Å². The van der Waals surface area contributed by atoms with Crippen molar-refractivity contribution >= 4 is 23.3 Å². The molecule has 0 aliphatic heterocycles. The van der Waals surface area contributed by atoms with Gasteiger partial charge in [0.2, 0.25) is 5.88 Å². The van der Waals surface area contributed by atoms with Gasteiger partial charge in [0.05, 0.1) is 23.9 Å². The lowest BCUT2D eigenvalue weighted by Gasteiger charge is -2.10. The van der Waals surface area contributed by atoms with E-state index in [0.29, 0.717) is 23.8 Å². The summed E-state index contributed by atoms with van der Waals surface area (Å²) >= 11 is 6.12. The predicted molar refractivity (Wildman–Crippen MR) is 98.5 cm³/mol. The molecule has 8 heteroatoms. The monoisotopic (exact) mass is 371 g/mol. The zero-order valence-corrected chi connectivity index (χ0v) is 15.1. The van der Waals surface area contributed by atoms with Crippen LogP contribution in [0.3, 0.4) is 0 Å². The highest BCUT2D eigenvalue weighted by Gasteiger charge is 2.13. The maximum Gasteiger partial charge on any atom is 0.258 e. The van der Waals surface area contributed by atoms with Crippen molar-refractivity contribution in [2.24, 2.45) is 0 Å². The van der Waals surface area contributed by atoms with Gasteiger partial charge in [-0.3, -0.25) is 14.5 Å². The lowest BCUT2D eigenvalue weighted by Crippen LogP contribution is -2.14. The number of aromatic nitrogens is 4. The van der Waals surface area contributed by atoms with Gasteiger partial charge >= 0.3 is 0 Å². The van der Waals surface area contributed by atoms with E-state index >= 15 is 0 Å². The Labute approximate surface area is 156 Å². The predicted octanol–water partition coefficient (Wildman–Crippen LogP) is 3.41. The van der Waals surface area contributed by atoms with E-state index < -0.39 is 0 Å². The molecular formula is C18H18ClN5O2. The summed E-state index contributed by atoms with van der Waals surface area (Å²) in [4.78, 5) is 20.7. The third kappa shape index (κ3) is 4.58. The van der Waals surface area contributed by atoms with E-state index in [1.165, 1.54) is 12.3 Å². The molecule has 134 valence electrons. The molecule has 0 aliphatic rings. The number of halogens is 1. The highest BCUT2D eigenvalue weighted by molar-refractivity contribution is 6.32. The van der Waals surface area contributed by atoms with E-state index in [1.54, 1.807) is 23.1 Å². The minimum atomic E-state index is -0.349. The fraction of sp³-hybridized carbons (Fsp3) is 0.222. The summed E-state index contributed by atoms with van der Waals surface area (Å²) in [7, 11) is 0. The molecule has 3 heterocycles. The van der Waals surface area contributed by atoms with Crippen LogP contribution >= 0.6 is 11.6 Å². The Hall–Kier alpha value is -2.93. The maximum atomic E-state index is 12.4. The van der Waals surface area contributed by atoms with Gasteiger partial charge in [0.25, 0.3) is 5.91 Å². The molecule has 0 unspecified atom stereocenters. The average Bonchev–Trinajstić information content (AvgIpc) is 3.04. The van der Waals surface area contributed by atoms with Gasteiger partial charge in [0, 0.05) is 24.7 Å². The summed E-state index contributed by atoms with van der Waals surface area (Å²) < 4.78 is 7.16. The molecule has 0 fully saturated rings. The van der Waals surface area contributed by atoms with Crippen molar-refractivity contribution in [1.82, 2.24) is 19.7 Å². The van der Waals surface area contributed by atoms with Crippen LogP contribution in [0.15, 0.2) is 48.9 Å². The molecule has 3 aromatic rings. The van der Waals surface area contributed by atoms with Crippen LogP contribution in [-0.4, -0.2) is 31.8 Å². The summed E-state index contributed by atoms with van der Waals surface area (Å²) in [6.45, 7) is 4.27. The zero-order chi connectivity index (χ0) is 18.5. The Morgan fingerprint density at radius 1 is 1.31 bits per heavy atom.